The summed E-state index contributed by atoms with van der Waals surface area (Å²) in [6.45, 7) is 7.68. The van der Waals surface area contributed by atoms with Gasteiger partial charge in [0, 0.05) is 46.2 Å². The van der Waals surface area contributed by atoms with E-state index in [9.17, 15) is 19.2 Å². The fourth-order valence-corrected chi connectivity index (χ4v) is 3.95. The van der Waals surface area contributed by atoms with Crippen LogP contribution in [0, 0.1) is 5.82 Å². The maximum Gasteiger partial charge on any atom is 0.414 e. The van der Waals surface area contributed by atoms with Gasteiger partial charge in [-0.05, 0) is 39.0 Å². The average Bonchev–Trinajstić information content (AvgIpc) is 3.20. The molecule has 0 unspecified atom stereocenters. The fraction of sp³-hybridized carbons (Fsp3) is 0.583. The molecular weight excluding hydrogens is 473 g/mol. The molecule has 0 radical (unpaired) electrons. The van der Waals surface area contributed by atoms with E-state index < -0.39 is 29.7 Å². The van der Waals surface area contributed by atoms with E-state index in [4.69, 9.17) is 9.47 Å². The van der Waals surface area contributed by atoms with E-state index in [0.717, 1.165) is 0 Å². The van der Waals surface area contributed by atoms with Gasteiger partial charge in [0.1, 0.15) is 17.5 Å². The van der Waals surface area contributed by atoms with Gasteiger partial charge in [0.2, 0.25) is 12.3 Å². The molecule has 2 aliphatic rings. The lowest BCUT2D eigenvalue weighted by molar-refractivity contribution is -0.132. The number of carbonyl (C=O) groups is 4. The van der Waals surface area contributed by atoms with Gasteiger partial charge in [-0.15, -0.1) is 0 Å². The van der Waals surface area contributed by atoms with Crippen molar-refractivity contribution in [2.45, 2.75) is 38.9 Å². The maximum absolute atomic E-state index is 15.0. The number of carbonyl (C=O) groups excluding carboxylic acids is 4. The first kappa shape index (κ1) is 27.0. The standard InChI is InChI=1S/C24H34FN5O6/c1-24(2,3)36-22(33)26-14-18-15-30(23(34)35-18)17-5-6-20(19(25)13-17)28-9-11-29(12-10-28)21(32)7-8-27(4)16-31/h5-6,13,16,18H,7-12,14-15H2,1-4H3,(H,26,33)/t18-/m0/s1. The van der Waals surface area contributed by atoms with Crippen molar-refractivity contribution in [2.24, 2.45) is 0 Å². The van der Waals surface area contributed by atoms with E-state index in [1.165, 1.54) is 15.9 Å². The molecule has 36 heavy (non-hydrogen) atoms. The van der Waals surface area contributed by atoms with Crippen LogP contribution in [0.4, 0.5) is 25.4 Å². The highest BCUT2D eigenvalue weighted by Gasteiger charge is 2.33. The Hall–Kier alpha value is -3.57. The summed E-state index contributed by atoms with van der Waals surface area (Å²) in [5, 5.41) is 2.57. The normalized spacial score (nSPS) is 18.1. The number of hydrogen-bond acceptors (Lipinski definition) is 7. The summed E-state index contributed by atoms with van der Waals surface area (Å²) < 4.78 is 25.5. The molecule has 0 bridgehead atoms. The quantitative estimate of drug-likeness (QED) is 0.534. The van der Waals surface area contributed by atoms with E-state index >= 15 is 4.39 Å². The Bertz CT molecular complexity index is 976. The number of benzene rings is 1. The average molecular weight is 508 g/mol. The summed E-state index contributed by atoms with van der Waals surface area (Å²) in [7, 11) is 1.62. The molecule has 2 aliphatic heterocycles. The van der Waals surface area contributed by atoms with Gasteiger partial charge in [-0.2, -0.15) is 0 Å². The summed E-state index contributed by atoms with van der Waals surface area (Å²) in [5.41, 5.74) is 0.106. The highest BCUT2D eigenvalue weighted by atomic mass is 19.1. The molecular formula is C24H34FN5O6. The molecule has 12 heteroatoms. The van der Waals surface area contributed by atoms with Crippen molar-refractivity contribution in [1.29, 1.82) is 0 Å². The van der Waals surface area contributed by atoms with Crippen molar-refractivity contribution >= 4 is 35.9 Å². The number of nitrogens with zero attached hydrogens (tertiary/aromatic N) is 4. The van der Waals surface area contributed by atoms with Gasteiger partial charge < -0.3 is 29.5 Å². The molecule has 4 amide bonds. The highest BCUT2D eigenvalue weighted by molar-refractivity contribution is 5.90. The van der Waals surface area contributed by atoms with Crippen molar-refractivity contribution in [2.75, 3.05) is 62.7 Å². The van der Waals surface area contributed by atoms with Crippen LogP contribution < -0.4 is 15.1 Å². The lowest BCUT2D eigenvalue weighted by Crippen LogP contribution is -2.49. The molecule has 1 N–H and O–H groups in total. The summed E-state index contributed by atoms with van der Waals surface area (Å²) >= 11 is 0. The van der Waals surface area contributed by atoms with Gasteiger partial charge in [-0.1, -0.05) is 0 Å². The molecule has 11 nitrogen and oxygen atoms in total. The summed E-state index contributed by atoms with van der Waals surface area (Å²) in [4.78, 5) is 53.5. The number of hydrogen-bond donors (Lipinski definition) is 1. The molecule has 3 rings (SSSR count). The second-order valence-electron chi connectivity index (χ2n) is 9.84. The first-order valence-electron chi connectivity index (χ1n) is 11.9. The Morgan fingerprint density at radius 3 is 2.56 bits per heavy atom. The highest BCUT2D eigenvalue weighted by Crippen LogP contribution is 2.28. The van der Waals surface area contributed by atoms with Gasteiger partial charge in [0.15, 0.2) is 0 Å². The van der Waals surface area contributed by atoms with Crippen LogP contribution in [-0.4, -0.2) is 98.9 Å². The van der Waals surface area contributed by atoms with Crippen LogP contribution in [-0.2, 0) is 19.1 Å². The van der Waals surface area contributed by atoms with Crippen LogP contribution in [0.15, 0.2) is 18.2 Å². The molecule has 2 fully saturated rings. The summed E-state index contributed by atoms with van der Waals surface area (Å²) in [5.74, 6) is -0.523. The molecule has 2 saturated heterocycles. The zero-order valence-corrected chi connectivity index (χ0v) is 21.2. The van der Waals surface area contributed by atoms with Crippen molar-refractivity contribution in [1.82, 2.24) is 15.1 Å². The first-order valence-corrected chi connectivity index (χ1v) is 11.9. The van der Waals surface area contributed by atoms with E-state index in [2.05, 4.69) is 5.32 Å². The lowest BCUT2D eigenvalue weighted by atomic mass is 10.2. The maximum atomic E-state index is 15.0. The third-order valence-electron chi connectivity index (χ3n) is 5.82. The number of cyclic esters (lactones) is 1. The molecule has 1 aromatic carbocycles. The molecule has 0 spiro atoms. The Morgan fingerprint density at radius 1 is 1.25 bits per heavy atom. The third kappa shape index (κ3) is 7.22. The first-order chi connectivity index (χ1) is 17.0. The molecule has 0 aromatic heterocycles. The van der Waals surface area contributed by atoms with Crippen LogP contribution in [0.2, 0.25) is 0 Å². The zero-order valence-electron chi connectivity index (χ0n) is 21.2. The predicted octanol–water partition coefficient (Wildman–Crippen LogP) is 1.80. The molecule has 0 saturated carbocycles. The number of halogens is 1. The number of ether oxygens (including phenoxy) is 2. The fourth-order valence-electron chi connectivity index (χ4n) is 3.95. The minimum absolute atomic E-state index is 0.0394. The number of nitrogens with one attached hydrogen (secondary N) is 1. The van der Waals surface area contributed by atoms with Gasteiger partial charge in [-0.3, -0.25) is 14.5 Å². The molecule has 1 aromatic rings. The van der Waals surface area contributed by atoms with Crippen LogP contribution in [0.3, 0.4) is 0 Å². The van der Waals surface area contributed by atoms with Crippen LogP contribution in [0.5, 0.6) is 0 Å². The van der Waals surface area contributed by atoms with Crippen molar-refractivity contribution in [3.8, 4) is 0 Å². The van der Waals surface area contributed by atoms with Crippen LogP contribution >= 0.6 is 0 Å². The van der Waals surface area contributed by atoms with E-state index in [1.54, 1.807) is 44.9 Å². The Balaban J connectivity index is 1.52. The van der Waals surface area contributed by atoms with Gasteiger partial charge in [-0.25, -0.2) is 14.0 Å². The predicted molar refractivity (Wildman–Crippen MR) is 130 cm³/mol. The summed E-state index contributed by atoms with van der Waals surface area (Å²) in [6.07, 6.45) is -0.892. The minimum Gasteiger partial charge on any atom is -0.444 e. The van der Waals surface area contributed by atoms with Crippen molar-refractivity contribution in [3.05, 3.63) is 24.0 Å². The second kappa shape index (κ2) is 11.4. The van der Waals surface area contributed by atoms with E-state index in [1.807, 2.05) is 4.90 Å². The summed E-state index contributed by atoms with van der Waals surface area (Å²) in [6, 6.07) is 4.55. The Morgan fingerprint density at radius 2 is 1.94 bits per heavy atom. The van der Waals surface area contributed by atoms with Crippen LogP contribution in [0.25, 0.3) is 0 Å². The van der Waals surface area contributed by atoms with Crippen molar-refractivity contribution in [3.63, 3.8) is 0 Å². The number of alkyl carbamates (subject to hydrolysis) is 1. The van der Waals surface area contributed by atoms with Crippen LogP contribution in [0.1, 0.15) is 27.2 Å². The second-order valence-corrected chi connectivity index (χ2v) is 9.84. The Kier molecular flexibility index (Phi) is 8.59. The zero-order chi connectivity index (χ0) is 26.5. The van der Waals surface area contributed by atoms with Gasteiger partial charge >= 0.3 is 12.2 Å². The lowest BCUT2D eigenvalue weighted by Gasteiger charge is -2.36. The van der Waals surface area contributed by atoms with E-state index in [-0.39, 0.29) is 25.4 Å². The molecule has 2 heterocycles. The number of piperazine rings is 1. The number of amides is 4. The SMILES string of the molecule is CN(C=O)CCC(=O)N1CCN(c2ccc(N3C[C@H](CNC(=O)OC(C)(C)C)OC3=O)cc2F)CC1. The monoisotopic (exact) mass is 507 g/mol. The van der Waals surface area contributed by atoms with E-state index in [0.29, 0.717) is 50.5 Å². The largest absolute Gasteiger partial charge is 0.444 e. The molecule has 198 valence electrons. The number of anilines is 2. The minimum atomic E-state index is -0.641. The van der Waals surface area contributed by atoms with Crippen molar-refractivity contribution < 1.29 is 33.0 Å². The third-order valence-corrected chi connectivity index (χ3v) is 5.82. The smallest absolute Gasteiger partial charge is 0.414 e. The number of rotatable bonds is 8. The van der Waals surface area contributed by atoms with Gasteiger partial charge in [0.05, 0.1) is 24.5 Å². The molecule has 1 atom stereocenters. The van der Waals surface area contributed by atoms with Gasteiger partial charge in [0.25, 0.3) is 0 Å². The Labute approximate surface area is 210 Å². The topological polar surface area (TPSA) is 112 Å². The molecule has 0 aliphatic carbocycles.